The van der Waals surface area contributed by atoms with Crippen molar-refractivity contribution < 1.29 is 4.52 Å². The normalized spacial score (nSPS) is 17.2. The smallest absolute Gasteiger partial charge is 0.250 e. The van der Waals surface area contributed by atoms with Crippen molar-refractivity contribution >= 4 is 24.1 Å². The lowest BCUT2D eigenvalue weighted by Gasteiger charge is -2.34. The van der Waals surface area contributed by atoms with Gasteiger partial charge in [-0.15, -0.1) is 12.4 Å². The second-order valence-corrected chi connectivity index (χ2v) is 5.16. The number of nitrogens with zero attached hydrogens (tertiary/aromatic N) is 2. The van der Waals surface area contributed by atoms with Gasteiger partial charge in [-0.05, 0) is 37.3 Å². The Morgan fingerprint density at radius 1 is 1.30 bits per heavy atom. The lowest BCUT2D eigenvalue weighted by Crippen LogP contribution is -2.44. The fraction of sp³-hybridized carbons (Fsp3) is 0.333. The first-order chi connectivity index (χ1) is 9.17. The number of nitrogens with two attached hydrogens (primary N) is 1. The van der Waals surface area contributed by atoms with E-state index >= 15 is 0 Å². The lowest BCUT2D eigenvalue weighted by atomic mass is 9.77. The zero-order valence-electron chi connectivity index (χ0n) is 11.4. The topological polar surface area (TPSA) is 64.9 Å². The maximum atomic E-state index is 6.17. The minimum absolute atomic E-state index is 0. The molecular formula is C15H18ClN3O. The van der Waals surface area contributed by atoms with Crippen molar-refractivity contribution in [2.45, 2.75) is 31.7 Å². The molecule has 106 valence electrons. The number of aromatic nitrogens is 2. The van der Waals surface area contributed by atoms with E-state index in [-0.39, 0.29) is 17.9 Å². The molecule has 20 heavy (non-hydrogen) atoms. The van der Waals surface area contributed by atoms with Crippen molar-refractivity contribution in [3.05, 3.63) is 47.6 Å². The Hall–Kier alpha value is -1.65. The second kappa shape index (κ2) is 5.77. The van der Waals surface area contributed by atoms with E-state index in [1.165, 1.54) is 0 Å². The summed E-state index contributed by atoms with van der Waals surface area (Å²) in [4.78, 5) is 4.39. The van der Waals surface area contributed by atoms with Crippen LogP contribution in [0.3, 0.4) is 0 Å². The van der Waals surface area contributed by atoms with E-state index in [4.69, 9.17) is 10.3 Å². The van der Waals surface area contributed by atoms with Crippen LogP contribution in [0.5, 0.6) is 0 Å². The summed E-state index contributed by atoms with van der Waals surface area (Å²) in [5, 5.41) is 4.00. The van der Waals surface area contributed by atoms with Crippen LogP contribution in [0.25, 0.3) is 11.6 Å². The summed E-state index contributed by atoms with van der Waals surface area (Å²) in [5.41, 5.74) is 8.05. The highest BCUT2D eigenvalue weighted by atomic mass is 35.5. The molecule has 0 aliphatic heterocycles. The number of rotatable bonds is 3. The Balaban J connectivity index is 0.00000147. The van der Waals surface area contributed by atoms with E-state index in [0.717, 1.165) is 30.4 Å². The fourth-order valence-electron chi connectivity index (χ4n) is 2.25. The molecule has 0 saturated heterocycles. The van der Waals surface area contributed by atoms with Gasteiger partial charge >= 0.3 is 0 Å². The van der Waals surface area contributed by atoms with E-state index in [1.54, 1.807) is 0 Å². The highest BCUT2D eigenvalue weighted by Gasteiger charge is 2.38. The van der Waals surface area contributed by atoms with Crippen molar-refractivity contribution in [2.75, 3.05) is 0 Å². The molecule has 1 saturated carbocycles. The Kier molecular flexibility index (Phi) is 4.26. The first kappa shape index (κ1) is 14.8. The monoisotopic (exact) mass is 291 g/mol. The number of hydrogen-bond donors (Lipinski definition) is 1. The van der Waals surface area contributed by atoms with Crippen LogP contribution in [0.2, 0.25) is 0 Å². The van der Waals surface area contributed by atoms with Crippen LogP contribution >= 0.6 is 12.4 Å². The van der Waals surface area contributed by atoms with Crippen LogP contribution in [0.4, 0.5) is 0 Å². The van der Waals surface area contributed by atoms with Crippen molar-refractivity contribution in [3.63, 3.8) is 0 Å². The second-order valence-electron chi connectivity index (χ2n) is 5.16. The highest BCUT2D eigenvalue weighted by molar-refractivity contribution is 5.85. The molecule has 0 radical (unpaired) electrons. The van der Waals surface area contributed by atoms with Crippen LogP contribution in [0.15, 0.2) is 34.9 Å². The number of hydrogen-bond acceptors (Lipinski definition) is 4. The first-order valence-electron chi connectivity index (χ1n) is 6.54. The largest absolute Gasteiger partial charge is 0.335 e. The van der Waals surface area contributed by atoms with Gasteiger partial charge in [-0.25, -0.2) is 0 Å². The zero-order valence-corrected chi connectivity index (χ0v) is 12.2. The molecule has 3 rings (SSSR count). The SMILES string of the molecule is C/C(=C/c1nc(C2(N)CCC2)no1)c1ccccc1.Cl. The molecule has 0 spiro atoms. The van der Waals surface area contributed by atoms with Crippen molar-refractivity contribution in [3.8, 4) is 0 Å². The summed E-state index contributed by atoms with van der Waals surface area (Å²) in [5.74, 6) is 1.15. The average molecular weight is 292 g/mol. The van der Waals surface area contributed by atoms with Crippen LogP contribution < -0.4 is 5.73 Å². The Labute approximate surface area is 124 Å². The van der Waals surface area contributed by atoms with Gasteiger partial charge in [0.25, 0.3) is 5.89 Å². The van der Waals surface area contributed by atoms with Gasteiger partial charge in [0.15, 0.2) is 5.82 Å². The molecule has 1 heterocycles. The van der Waals surface area contributed by atoms with Gasteiger partial charge in [0, 0.05) is 6.08 Å². The Morgan fingerprint density at radius 2 is 2.00 bits per heavy atom. The molecular weight excluding hydrogens is 274 g/mol. The van der Waals surface area contributed by atoms with Gasteiger partial charge in [-0.3, -0.25) is 0 Å². The van der Waals surface area contributed by atoms with Crippen LogP contribution in [-0.4, -0.2) is 10.1 Å². The third-order valence-corrected chi connectivity index (χ3v) is 3.70. The lowest BCUT2D eigenvalue weighted by molar-refractivity contribution is 0.229. The maximum Gasteiger partial charge on any atom is 0.250 e. The highest BCUT2D eigenvalue weighted by Crippen LogP contribution is 2.37. The van der Waals surface area contributed by atoms with Gasteiger partial charge in [-0.2, -0.15) is 4.98 Å². The minimum atomic E-state index is -0.365. The maximum absolute atomic E-state index is 6.17. The molecule has 0 amide bonds. The van der Waals surface area contributed by atoms with Crippen molar-refractivity contribution in [1.82, 2.24) is 10.1 Å². The molecule has 0 atom stereocenters. The van der Waals surface area contributed by atoms with E-state index < -0.39 is 0 Å². The summed E-state index contributed by atoms with van der Waals surface area (Å²) in [7, 11) is 0. The molecule has 1 aliphatic rings. The third kappa shape index (κ3) is 2.76. The van der Waals surface area contributed by atoms with Crippen molar-refractivity contribution in [2.24, 2.45) is 5.73 Å². The van der Waals surface area contributed by atoms with Gasteiger partial charge in [0.1, 0.15) is 0 Å². The van der Waals surface area contributed by atoms with Gasteiger partial charge in [-0.1, -0.05) is 35.5 Å². The quantitative estimate of drug-likeness (QED) is 0.941. The fourth-order valence-corrected chi connectivity index (χ4v) is 2.25. The van der Waals surface area contributed by atoms with Crippen LogP contribution in [0.1, 0.15) is 43.5 Å². The molecule has 0 bridgehead atoms. The van der Waals surface area contributed by atoms with Gasteiger partial charge in [0.2, 0.25) is 0 Å². The standard InChI is InChI=1S/C15H17N3O.ClH/c1-11(12-6-3-2-4-7-12)10-13-17-14(18-19-13)15(16)8-5-9-15;/h2-4,6-7,10H,5,8-9,16H2,1H3;1H/b11-10-;. The summed E-state index contributed by atoms with van der Waals surface area (Å²) in [6.07, 6.45) is 4.91. The summed E-state index contributed by atoms with van der Waals surface area (Å²) < 4.78 is 5.26. The summed E-state index contributed by atoms with van der Waals surface area (Å²) >= 11 is 0. The van der Waals surface area contributed by atoms with Crippen LogP contribution in [-0.2, 0) is 5.54 Å². The molecule has 1 fully saturated rings. The van der Waals surface area contributed by atoms with Gasteiger partial charge < -0.3 is 10.3 Å². The average Bonchev–Trinajstić information content (AvgIpc) is 2.86. The summed E-state index contributed by atoms with van der Waals surface area (Å²) in [6, 6.07) is 10.1. The molecule has 1 aromatic heterocycles. The molecule has 2 N–H and O–H groups in total. The Morgan fingerprint density at radius 3 is 2.60 bits per heavy atom. The Bertz CT molecular complexity index is 603. The minimum Gasteiger partial charge on any atom is -0.335 e. The molecule has 5 heteroatoms. The van der Waals surface area contributed by atoms with Crippen molar-refractivity contribution in [1.29, 1.82) is 0 Å². The molecule has 0 unspecified atom stereocenters. The third-order valence-electron chi connectivity index (χ3n) is 3.70. The van der Waals surface area contributed by atoms with E-state index in [0.29, 0.717) is 11.7 Å². The molecule has 1 aliphatic carbocycles. The molecule has 4 nitrogen and oxygen atoms in total. The number of benzene rings is 1. The first-order valence-corrected chi connectivity index (χ1v) is 6.54. The number of allylic oxidation sites excluding steroid dienone is 1. The zero-order chi connectivity index (χ0) is 13.3. The summed E-state index contributed by atoms with van der Waals surface area (Å²) in [6.45, 7) is 2.03. The molecule has 1 aromatic carbocycles. The van der Waals surface area contributed by atoms with Crippen LogP contribution in [0, 0.1) is 0 Å². The van der Waals surface area contributed by atoms with Gasteiger partial charge in [0.05, 0.1) is 5.54 Å². The number of halogens is 1. The van der Waals surface area contributed by atoms with E-state index in [2.05, 4.69) is 22.3 Å². The predicted octanol–water partition coefficient (Wildman–Crippen LogP) is 3.39. The van der Waals surface area contributed by atoms with E-state index in [1.807, 2.05) is 31.2 Å². The molecule has 2 aromatic rings. The predicted molar refractivity (Wildman–Crippen MR) is 81.2 cm³/mol. The van der Waals surface area contributed by atoms with E-state index in [9.17, 15) is 0 Å².